The zero-order valence-corrected chi connectivity index (χ0v) is 17.6. The number of nitrogens with zero attached hydrogens (tertiary/aromatic N) is 3. The molecule has 0 bridgehead atoms. The van der Waals surface area contributed by atoms with Crippen LogP contribution >= 0.6 is 11.3 Å². The first-order chi connectivity index (χ1) is 14.8. The summed E-state index contributed by atoms with van der Waals surface area (Å²) in [6.07, 6.45) is 3.80. The van der Waals surface area contributed by atoms with Crippen LogP contribution in [0.2, 0.25) is 0 Å². The fraction of sp³-hybridized carbons (Fsp3) is 0.130. The Morgan fingerprint density at radius 3 is 2.60 bits per heavy atom. The highest BCUT2D eigenvalue weighted by atomic mass is 32.1. The lowest BCUT2D eigenvalue weighted by Gasteiger charge is -2.09. The molecule has 2 aromatic heterocycles. The number of rotatable bonds is 8. The standard InChI is InChI=1S/C23H22N4O2S/c1-28-20-11-10-17(13-21(20)29-2)14-24-25-15-18-16-27(19-7-4-3-5-8-19)26-23(18)22-9-6-12-30-22/h3-13,15-16,24H,14H2,1-2H3/b25-15+. The molecule has 0 saturated carbocycles. The van der Waals surface area contributed by atoms with Crippen molar-refractivity contribution in [3.8, 4) is 27.8 Å². The van der Waals surface area contributed by atoms with Crippen LogP contribution in [-0.4, -0.2) is 30.2 Å². The minimum atomic E-state index is 0.567. The number of methoxy groups -OCH3 is 2. The summed E-state index contributed by atoms with van der Waals surface area (Å²) < 4.78 is 12.5. The third-order valence-corrected chi connectivity index (χ3v) is 5.42. The van der Waals surface area contributed by atoms with Crippen molar-refractivity contribution in [1.82, 2.24) is 15.2 Å². The van der Waals surface area contributed by atoms with Gasteiger partial charge in [-0.05, 0) is 41.3 Å². The van der Waals surface area contributed by atoms with Crippen LogP contribution in [0.3, 0.4) is 0 Å². The van der Waals surface area contributed by atoms with Crippen molar-refractivity contribution >= 4 is 17.6 Å². The fourth-order valence-electron chi connectivity index (χ4n) is 3.04. The number of hydrogen-bond acceptors (Lipinski definition) is 6. The van der Waals surface area contributed by atoms with E-state index in [0.29, 0.717) is 18.0 Å². The van der Waals surface area contributed by atoms with Crippen LogP contribution in [0.5, 0.6) is 11.5 Å². The lowest BCUT2D eigenvalue weighted by atomic mass is 10.2. The molecule has 7 heteroatoms. The van der Waals surface area contributed by atoms with Crippen molar-refractivity contribution in [1.29, 1.82) is 0 Å². The zero-order valence-electron chi connectivity index (χ0n) is 16.8. The van der Waals surface area contributed by atoms with Gasteiger partial charge >= 0.3 is 0 Å². The van der Waals surface area contributed by atoms with Crippen LogP contribution in [0.25, 0.3) is 16.3 Å². The van der Waals surface area contributed by atoms with Gasteiger partial charge in [-0.15, -0.1) is 11.3 Å². The van der Waals surface area contributed by atoms with Crippen LogP contribution < -0.4 is 14.9 Å². The van der Waals surface area contributed by atoms with Gasteiger partial charge in [0.25, 0.3) is 0 Å². The summed E-state index contributed by atoms with van der Waals surface area (Å²) >= 11 is 1.66. The predicted octanol–water partition coefficient (Wildman–Crippen LogP) is 4.74. The first-order valence-electron chi connectivity index (χ1n) is 9.44. The summed E-state index contributed by atoms with van der Waals surface area (Å²) in [4.78, 5) is 1.10. The van der Waals surface area contributed by atoms with Crippen molar-refractivity contribution in [2.24, 2.45) is 5.10 Å². The van der Waals surface area contributed by atoms with Gasteiger partial charge in [0.05, 0.1) is 37.5 Å². The van der Waals surface area contributed by atoms with Gasteiger partial charge in [-0.25, -0.2) is 4.68 Å². The summed E-state index contributed by atoms with van der Waals surface area (Å²) in [5, 5.41) is 11.2. The quantitative estimate of drug-likeness (QED) is 0.332. The maximum Gasteiger partial charge on any atom is 0.161 e. The SMILES string of the molecule is COc1ccc(CN/N=C/c2cn(-c3ccccc3)nc2-c2cccs2)cc1OC. The van der Waals surface area contributed by atoms with Crippen molar-refractivity contribution in [3.05, 3.63) is 83.4 Å². The number of para-hydroxylation sites is 1. The highest BCUT2D eigenvalue weighted by Crippen LogP contribution is 2.28. The number of ether oxygens (including phenoxy) is 2. The van der Waals surface area contributed by atoms with Gasteiger partial charge in [0.1, 0.15) is 5.69 Å². The molecule has 0 spiro atoms. The topological polar surface area (TPSA) is 60.7 Å². The summed E-state index contributed by atoms with van der Waals surface area (Å²) in [5.74, 6) is 1.41. The summed E-state index contributed by atoms with van der Waals surface area (Å²) in [5.41, 5.74) is 7.01. The van der Waals surface area contributed by atoms with Gasteiger partial charge in [-0.1, -0.05) is 30.3 Å². The second-order valence-electron chi connectivity index (χ2n) is 6.47. The molecule has 4 rings (SSSR count). The van der Waals surface area contributed by atoms with Gasteiger partial charge in [0, 0.05) is 11.8 Å². The van der Waals surface area contributed by atoms with E-state index in [2.05, 4.69) is 16.6 Å². The Morgan fingerprint density at radius 1 is 1.03 bits per heavy atom. The van der Waals surface area contributed by atoms with Gasteiger partial charge in [0.15, 0.2) is 11.5 Å². The molecule has 0 saturated heterocycles. The molecule has 30 heavy (non-hydrogen) atoms. The summed E-state index contributed by atoms with van der Waals surface area (Å²) in [6, 6.07) is 19.9. The normalized spacial score (nSPS) is 11.0. The number of nitrogens with one attached hydrogen (secondary N) is 1. The second-order valence-corrected chi connectivity index (χ2v) is 7.42. The molecule has 0 aliphatic rings. The Hall–Kier alpha value is -3.58. The molecule has 152 valence electrons. The summed E-state index contributed by atoms with van der Waals surface area (Å²) in [6.45, 7) is 0.567. The molecule has 0 fully saturated rings. The largest absolute Gasteiger partial charge is 0.493 e. The van der Waals surface area contributed by atoms with Crippen molar-refractivity contribution in [2.45, 2.75) is 6.54 Å². The molecular formula is C23H22N4O2S. The number of thiophene rings is 1. The third kappa shape index (κ3) is 4.36. The van der Waals surface area contributed by atoms with Crippen LogP contribution in [0.1, 0.15) is 11.1 Å². The highest BCUT2D eigenvalue weighted by molar-refractivity contribution is 7.13. The highest BCUT2D eigenvalue weighted by Gasteiger charge is 2.12. The van der Waals surface area contributed by atoms with Crippen LogP contribution in [-0.2, 0) is 6.54 Å². The first-order valence-corrected chi connectivity index (χ1v) is 10.3. The first kappa shape index (κ1) is 19.7. The molecule has 0 aliphatic carbocycles. The molecule has 0 amide bonds. The van der Waals surface area contributed by atoms with Crippen molar-refractivity contribution in [2.75, 3.05) is 14.2 Å². The molecule has 1 N–H and O–H groups in total. The minimum Gasteiger partial charge on any atom is -0.493 e. The van der Waals surface area contributed by atoms with E-state index >= 15 is 0 Å². The van der Waals surface area contributed by atoms with Gasteiger partial charge in [0.2, 0.25) is 0 Å². The van der Waals surface area contributed by atoms with Gasteiger partial charge in [-0.3, -0.25) is 0 Å². The molecule has 0 radical (unpaired) electrons. The van der Waals surface area contributed by atoms with Crippen LogP contribution in [0, 0.1) is 0 Å². The van der Waals surface area contributed by atoms with Gasteiger partial charge in [-0.2, -0.15) is 10.2 Å². The number of hydrogen-bond donors (Lipinski definition) is 1. The Labute approximate surface area is 179 Å². The zero-order chi connectivity index (χ0) is 20.8. The van der Waals surface area contributed by atoms with E-state index in [1.165, 1.54) is 0 Å². The smallest absolute Gasteiger partial charge is 0.161 e. The number of aromatic nitrogens is 2. The maximum atomic E-state index is 5.35. The van der Waals surface area contributed by atoms with Crippen molar-refractivity contribution < 1.29 is 9.47 Å². The molecular weight excluding hydrogens is 396 g/mol. The predicted molar refractivity (Wildman–Crippen MR) is 121 cm³/mol. The molecule has 0 unspecified atom stereocenters. The number of benzene rings is 2. The van der Waals surface area contributed by atoms with E-state index in [4.69, 9.17) is 14.6 Å². The third-order valence-electron chi connectivity index (χ3n) is 4.54. The fourth-order valence-corrected chi connectivity index (χ4v) is 3.77. The van der Waals surface area contributed by atoms with E-state index < -0.39 is 0 Å². The average Bonchev–Trinajstić information content (AvgIpc) is 3.47. The second kappa shape index (κ2) is 9.28. The Balaban J connectivity index is 1.52. The van der Waals surface area contributed by atoms with E-state index in [-0.39, 0.29) is 0 Å². The van der Waals surface area contributed by atoms with E-state index in [0.717, 1.165) is 27.4 Å². The van der Waals surface area contributed by atoms with Gasteiger partial charge < -0.3 is 14.9 Å². The van der Waals surface area contributed by atoms with E-state index in [9.17, 15) is 0 Å². The Morgan fingerprint density at radius 2 is 1.87 bits per heavy atom. The molecule has 6 nitrogen and oxygen atoms in total. The minimum absolute atomic E-state index is 0.567. The Kier molecular flexibility index (Phi) is 6.10. The molecule has 0 aliphatic heterocycles. The Bertz CT molecular complexity index is 1120. The molecule has 2 heterocycles. The average molecular weight is 419 g/mol. The van der Waals surface area contributed by atoms with E-state index in [1.807, 2.05) is 77.1 Å². The molecule has 2 aromatic carbocycles. The maximum absolute atomic E-state index is 5.35. The monoisotopic (exact) mass is 418 g/mol. The summed E-state index contributed by atoms with van der Waals surface area (Å²) in [7, 11) is 3.25. The molecule has 0 atom stereocenters. The van der Waals surface area contributed by atoms with Crippen LogP contribution in [0.15, 0.2) is 77.3 Å². The van der Waals surface area contributed by atoms with E-state index in [1.54, 1.807) is 25.6 Å². The lowest BCUT2D eigenvalue weighted by Crippen LogP contribution is -2.06. The van der Waals surface area contributed by atoms with Crippen molar-refractivity contribution in [3.63, 3.8) is 0 Å². The van der Waals surface area contributed by atoms with Crippen LogP contribution in [0.4, 0.5) is 0 Å². The molecule has 4 aromatic rings. The lowest BCUT2D eigenvalue weighted by molar-refractivity contribution is 0.354. The number of hydrazone groups is 1.